The highest BCUT2D eigenvalue weighted by molar-refractivity contribution is 7.12. The number of likely N-dealkylation sites (tertiary alicyclic amines) is 1. The van der Waals surface area contributed by atoms with Gasteiger partial charge >= 0.3 is 0 Å². The molecule has 1 aromatic heterocycles. The van der Waals surface area contributed by atoms with E-state index in [9.17, 15) is 14.4 Å². The van der Waals surface area contributed by atoms with Crippen LogP contribution < -0.4 is 11.1 Å². The lowest BCUT2D eigenvalue weighted by Gasteiger charge is -2.31. The molecule has 2 aromatic rings. The van der Waals surface area contributed by atoms with Crippen molar-refractivity contribution in [1.82, 2.24) is 4.90 Å². The number of hydrogen-bond donors (Lipinski definition) is 2. The lowest BCUT2D eigenvalue weighted by atomic mass is 9.95. The summed E-state index contributed by atoms with van der Waals surface area (Å²) >= 11 is 7.33. The van der Waals surface area contributed by atoms with Crippen molar-refractivity contribution in [2.45, 2.75) is 12.8 Å². The Balaban J connectivity index is 1.58. The normalized spacial score (nSPS) is 14.9. The van der Waals surface area contributed by atoms with Gasteiger partial charge in [-0.25, -0.2) is 0 Å². The van der Waals surface area contributed by atoms with E-state index >= 15 is 0 Å². The van der Waals surface area contributed by atoms with Crippen molar-refractivity contribution in [3.8, 4) is 0 Å². The van der Waals surface area contributed by atoms with Gasteiger partial charge in [0, 0.05) is 24.7 Å². The van der Waals surface area contributed by atoms with E-state index in [4.69, 9.17) is 17.3 Å². The van der Waals surface area contributed by atoms with E-state index in [1.807, 2.05) is 17.5 Å². The number of halogens is 1. The van der Waals surface area contributed by atoms with Gasteiger partial charge in [0.05, 0.1) is 15.5 Å². The minimum absolute atomic E-state index is 0.0164. The van der Waals surface area contributed by atoms with E-state index in [0.717, 1.165) is 0 Å². The van der Waals surface area contributed by atoms with Crippen LogP contribution in [0.25, 0.3) is 0 Å². The molecule has 0 saturated carbocycles. The zero-order chi connectivity index (χ0) is 18.7. The van der Waals surface area contributed by atoms with E-state index in [-0.39, 0.29) is 28.3 Å². The molecule has 0 radical (unpaired) electrons. The van der Waals surface area contributed by atoms with E-state index in [2.05, 4.69) is 5.32 Å². The van der Waals surface area contributed by atoms with Crippen molar-refractivity contribution in [1.29, 1.82) is 0 Å². The fourth-order valence-electron chi connectivity index (χ4n) is 2.94. The molecule has 26 heavy (non-hydrogen) atoms. The number of thiophene rings is 1. The summed E-state index contributed by atoms with van der Waals surface area (Å²) in [6.07, 6.45) is 1.19. The van der Waals surface area contributed by atoms with Crippen LogP contribution in [0, 0.1) is 5.92 Å². The Morgan fingerprint density at radius 2 is 1.92 bits per heavy atom. The minimum Gasteiger partial charge on any atom is -0.366 e. The van der Waals surface area contributed by atoms with E-state index in [1.54, 1.807) is 11.0 Å². The summed E-state index contributed by atoms with van der Waals surface area (Å²) in [5.74, 6) is -0.949. The van der Waals surface area contributed by atoms with Crippen LogP contribution in [0.4, 0.5) is 5.69 Å². The van der Waals surface area contributed by atoms with Gasteiger partial charge in [0.15, 0.2) is 0 Å². The smallest absolute Gasteiger partial charge is 0.263 e. The van der Waals surface area contributed by atoms with Crippen LogP contribution in [0.5, 0.6) is 0 Å². The van der Waals surface area contributed by atoms with Gasteiger partial charge in [-0.1, -0.05) is 17.7 Å². The van der Waals surface area contributed by atoms with Gasteiger partial charge in [-0.05, 0) is 42.5 Å². The number of carbonyl (C=O) groups is 3. The summed E-state index contributed by atoms with van der Waals surface area (Å²) in [6, 6.07) is 8.28. The van der Waals surface area contributed by atoms with Crippen molar-refractivity contribution < 1.29 is 14.4 Å². The molecule has 1 aliphatic heterocycles. The predicted molar refractivity (Wildman–Crippen MR) is 102 cm³/mol. The second kappa shape index (κ2) is 7.88. The second-order valence-corrected chi connectivity index (χ2v) is 7.45. The van der Waals surface area contributed by atoms with E-state index < -0.39 is 5.91 Å². The summed E-state index contributed by atoms with van der Waals surface area (Å²) < 4.78 is 0. The number of hydrogen-bond acceptors (Lipinski definition) is 4. The molecule has 0 spiro atoms. The maximum Gasteiger partial charge on any atom is 0.263 e. The molecule has 3 N–H and O–H groups in total. The number of amides is 3. The third kappa shape index (κ3) is 4.05. The molecule has 0 aliphatic carbocycles. The lowest BCUT2D eigenvalue weighted by molar-refractivity contribution is -0.121. The topological polar surface area (TPSA) is 92.5 Å². The highest BCUT2D eigenvalue weighted by atomic mass is 35.5. The first-order valence-electron chi connectivity index (χ1n) is 8.18. The highest BCUT2D eigenvalue weighted by Crippen LogP contribution is 2.24. The lowest BCUT2D eigenvalue weighted by Crippen LogP contribution is -2.41. The van der Waals surface area contributed by atoms with Crippen molar-refractivity contribution >= 4 is 46.3 Å². The van der Waals surface area contributed by atoms with Crippen LogP contribution in [0.3, 0.4) is 0 Å². The third-order valence-corrected chi connectivity index (χ3v) is 5.57. The van der Waals surface area contributed by atoms with Gasteiger partial charge in [-0.2, -0.15) is 0 Å². The standard InChI is InChI=1S/C18H18ClN3O3S/c19-14-4-3-12(10-13(14)16(20)23)21-17(24)11-5-7-22(8-6-11)18(25)15-2-1-9-26-15/h1-4,9-11H,5-8H2,(H2,20,23)(H,21,24). The van der Waals surface area contributed by atoms with Gasteiger partial charge in [-0.15, -0.1) is 11.3 Å². The maximum atomic E-state index is 12.5. The van der Waals surface area contributed by atoms with Gasteiger partial charge in [-0.3, -0.25) is 14.4 Å². The Morgan fingerprint density at radius 1 is 1.19 bits per heavy atom. The number of nitrogens with two attached hydrogens (primary N) is 1. The minimum atomic E-state index is -0.647. The Labute approximate surface area is 159 Å². The number of nitrogens with one attached hydrogen (secondary N) is 1. The largest absolute Gasteiger partial charge is 0.366 e. The molecule has 8 heteroatoms. The number of rotatable bonds is 4. The number of carbonyl (C=O) groups excluding carboxylic acids is 3. The van der Waals surface area contributed by atoms with Crippen molar-refractivity contribution in [3.05, 3.63) is 51.2 Å². The Kier molecular flexibility index (Phi) is 5.58. The molecule has 0 atom stereocenters. The predicted octanol–water partition coefficient (Wildman–Crippen LogP) is 2.99. The highest BCUT2D eigenvalue weighted by Gasteiger charge is 2.28. The quantitative estimate of drug-likeness (QED) is 0.839. The first-order chi connectivity index (χ1) is 12.5. The van der Waals surface area contributed by atoms with Gasteiger partial charge in [0.1, 0.15) is 0 Å². The van der Waals surface area contributed by atoms with Crippen molar-refractivity contribution in [2.75, 3.05) is 18.4 Å². The second-order valence-electron chi connectivity index (χ2n) is 6.09. The number of benzene rings is 1. The number of piperidine rings is 1. The first-order valence-corrected chi connectivity index (χ1v) is 9.44. The Morgan fingerprint density at radius 3 is 2.54 bits per heavy atom. The molecule has 6 nitrogen and oxygen atoms in total. The number of anilines is 1. The van der Waals surface area contributed by atoms with Crippen LogP contribution in [0.1, 0.15) is 32.9 Å². The molecule has 136 valence electrons. The first kappa shape index (κ1) is 18.4. The fraction of sp³-hybridized carbons (Fsp3) is 0.278. The van der Waals surface area contributed by atoms with Crippen LogP contribution in [-0.2, 0) is 4.79 Å². The Hall–Kier alpha value is -2.38. The molecule has 1 aliphatic rings. The molecule has 3 amide bonds. The van der Waals surface area contributed by atoms with Gasteiger partial charge in [0.25, 0.3) is 5.91 Å². The molecular weight excluding hydrogens is 374 g/mol. The summed E-state index contributed by atoms with van der Waals surface area (Å²) in [5.41, 5.74) is 5.91. The third-order valence-electron chi connectivity index (χ3n) is 4.38. The zero-order valence-corrected chi connectivity index (χ0v) is 15.5. The van der Waals surface area contributed by atoms with Gasteiger partial charge < -0.3 is 16.0 Å². The fourth-order valence-corrected chi connectivity index (χ4v) is 3.84. The molecule has 1 aromatic carbocycles. The maximum absolute atomic E-state index is 12.5. The average molecular weight is 392 g/mol. The average Bonchev–Trinajstić information content (AvgIpc) is 3.17. The molecule has 0 bridgehead atoms. The summed E-state index contributed by atoms with van der Waals surface area (Å²) in [6.45, 7) is 1.09. The molecule has 1 saturated heterocycles. The number of primary amides is 1. The van der Waals surface area contributed by atoms with Crippen LogP contribution in [0.15, 0.2) is 35.7 Å². The van der Waals surface area contributed by atoms with Crippen LogP contribution >= 0.6 is 22.9 Å². The molecule has 3 rings (SSSR count). The van der Waals surface area contributed by atoms with Crippen LogP contribution in [-0.4, -0.2) is 35.7 Å². The Bertz CT molecular complexity index is 830. The summed E-state index contributed by atoms with van der Waals surface area (Å²) in [4.78, 5) is 38.7. The van der Waals surface area contributed by atoms with E-state index in [1.165, 1.54) is 23.5 Å². The monoisotopic (exact) mass is 391 g/mol. The zero-order valence-electron chi connectivity index (χ0n) is 13.9. The van der Waals surface area contributed by atoms with Gasteiger partial charge in [0.2, 0.25) is 11.8 Å². The molecule has 2 heterocycles. The number of nitrogens with zero attached hydrogens (tertiary/aromatic N) is 1. The van der Waals surface area contributed by atoms with Crippen molar-refractivity contribution in [2.24, 2.45) is 11.7 Å². The van der Waals surface area contributed by atoms with E-state index in [0.29, 0.717) is 36.5 Å². The molecule has 0 unspecified atom stereocenters. The summed E-state index contributed by atoms with van der Waals surface area (Å²) in [7, 11) is 0. The molecular formula is C18H18ClN3O3S. The molecule has 1 fully saturated rings. The SMILES string of the molecule is NC(=O)c1cc(NC(=O)C2CCN(C(=O)c3cccs3)CC2)ccc1Cl. The van der Waals surface area contributed by atoms with Crippen LogP contribution in [0.2, 0.25) is 5.02 Å². The summed E-state index contributed by atoms with van der Waals surface area (Å²) in [5, 5.41) is 4.92. The van der Waals surface area contributed by atoms with Crippen molar-refractivity contribution in [3.63, 3.8) is 0 Å².